The van der Waals surface area contributed by atoms with Crippen LogP contribution in [0.4, 0.5) is 0 Å². The standard InChI is InChI=1S/C22H23ClSi/c1-15-9-10-21(18(4)12-15)24(22-8-6-5-7-20(22)23)19-13-16(2)11-17(3)14-19/h5-14,24H,1-4H3. The molecular weight excluding hydrogens is 328 g/mol. The van der Waals surface area contributed by atoms with Gasteiger partial charge in [0.15, 0.2) is 0 Å². The van der Waals surface area contributed by atoms with E-state index in [1.807, 2.05) is 12.1 Å². The molecule has 0 amide bonds. The van der Waals surface area contributed by atoms with Crippen LogP contribution in [0.15, 0.2) is 60.7 Å². The van der Waals surface area contributed by atoms with Gasteiger partial charge in [0, 0.05) is 5.02 Å². The maximum absolute atomic E-state index is 6.62. The molecule has 1 atom stereocenters. The number of hydrogen-bond donors (Lipinski definition) is 0. The van der Waals surface area contributed by atoms with Crippen molar-refractivity contribution in [2.45, 2.75) is 27.7 Å². The molecule has 3 aromatic carbocycles. The smallest absolute Gasteiger partial charge is 0.0845 e. The van der Waals surface area contributed by atoms with Crippen LogP contribution in [0.1, 0.15) is 22.3 Å². The monoisotopic (exact) mass is 350 g/mol. The van der Waals surface area contributed by atoms with Crippen molar-refractivity contribution in [2.24, 2.45) is 0 Å². The Morgan fingerprint density at radius 1 is 0.667 bits per heavy atom. The van der Waals surface area contributed by atoms with Gasteiger partial charge in [-0.1, -0.05) is 93.6 Å². The molecule has 0 aliphatic rings. The molecule has 0 aliphatic carbocycles. The first-order valence-electron chi connectivity index (χ1n) is 8.35. The largest absolute Gasteiger partial charge is 0.135 e. The fourth-order valence-electron chi connectivity index (χ4n) is 3.56. The predicted octanol–water partition coefficient (Wildman–Crippen LogP) is 3.82. The molecule has 0 aromatic heterocycles. The maximum Gasteiger partial charge on any atom is 0.135 e. The molecule has 24 heavy (non-hydrogen) atoms. The summed E-state index contributed by atoms with van der Waals surface area (Å²) < 4.78 is 0. The van der Waals surface area contributed by atoms with Crippen LogP contribution >= 0.6 is 11.6 Å². The molecule has 0 N–H and O–H groups in total. The Bertz CT molecular complexity index is 863. The summed E-state index contributed by atoms with van der Waals surface area (Å²) in [5.74, 6) is 0. The molecule has 0 saturated heterocycles. The first-order valence-corrected chi connectivity index (χ1v) is 10.5. The van der Waals surface area contributed by atoms with E-state index < -0.39 is 8.80 Å². The second kappa shape index (κ2) is 6.96. The predicted molar refractivity (Wildman–Crippen MR) is 109 cm³/mol. The highest BCUT2D eigenvalue weighted by atomic mass is 35.5. The lowest BCUT2D eigenvalue weighted by molar-refractivity contribution is 1.39. The summed E-state index contributed by atoms with van der Waals surface area (Å²) in [5, 5.41) is 5.08. The van der Waals surface area contributed by atoms with Gasteiger partial charge < -0.3 is 0 Å². The number of rotatable bonds is 3. The molecule has 1 unspecified atom stereocenters. The van der Waals surface area contributed by atoms with Gasteiger partial charge in [-0.05, 0) is 44.1 Å². The van der Waals surface area contributed by atoms with Crippen LogP contribution in [-0.4, -0.2) is 8.80 Å². The van der Waals surface area contributed by atoms with Crippen LogP contribution in [0.5, 0.6) is 0 Å². The highest BCUT2D eigenvalue weighted by molar-refractivity contribution is 6.96. The summed E-state index contributed by atoms with van der Waals surface area (Å²) in [7, 11) is -1.60. The molecule has 2 heteroatoms. The van der Waals surface area contributed by atoms with Crippen molar-refractivity contribution < 1.29 is 0 Å². The summed E-state index contributed by atoms with van der Waals surface area (Å²) in [6, 6.07) is 22.1. The zero-order chi connectivity index (χ0) is 17.3. The van der Waals surface area contributed by atoms with E-state index in [2.05, 4.69) is 76.2 Å². The minimum absolute atomic E-state index is 0.883. The first-order chi connectivity index (χ1) is 11.5. The van der Waals surface area contributed by atoms with E-state index in [1.165, 1.54) is 37.8 Å². The van der Waals surface area contributed by atoms with E-state index >= 15 is 0 Å². The lowest BCUT2D eigenvalue weighted by Crippen LogP contribution is -2.53. The molecule has 0 bridgehead atoms. The van der Waals surface area contributed by atoms with Gasteiger partial charge in [-0.25, -0.2) is 0 Å². The number of benzene rings is 3. The van der Waals surface area contributed by atoms with Crippen molar-refractivity contribution in [1.29, 1.82) is 0 Å². The fourth-order valence-corrected chi connectivity index (χ4v) is 7.44. The van der Waals surface area contributed by atoms with Crippen LogP contribution in [0.2, 0.25) is 5.02 Å². The average Bonchev–Trinajstić information content (AvgIpc) is 2.50. The number of aryl methyl sites for hydroxylation is 4. The van der Waals surface area contributed by atoms with Gasteiger partial charge in [0.25, 0.3) is 0 Å². The molecule has 0 heterocycles. The Morgan fingerprint density at radius 3 is 1.96 bits per heavy atom. The third kappa shape index (κ3) is 3.48. The minimum atomic E-state index is -1.60. The highest BCUT2D eigenvalue weighted by Crippen LogP contribution is 2.10. The zero-order valence-electron chi connectivity index (χ0n) is 14.7. The second-order valence-electron chi connectivity index (χ2n) is 6.74. The SMILES string of the molecule is Cc1cc(C)cc([SiH](c2ccc(C)cc2C)c2ccccc2Cl)c1. The van der Waals surface area contributed by atoms with Crippen LogP contribution in [0.3, 0.4) is 0 Å². The molecule has 0 nitrogen and oxygen atoms in total. The van der Waals surface area contributed by atoms with Crippen LogP contribution in [-0.2, 0) is 0 Å². The first kappa shape index (κ1) is 17.0. The van der Waals surface area contributed by atoms with E-state index in [0.29, 0.717) is 0 Å². The van der Waals surface area contributed by atoms with E-state index in [4.69, 9.17) is 11.6 Å². The third-order valence-corrected chi connectivity index (χ3v) is 8.45. The Balaban J connectivity index is 2.27. The van der Waals surface area contributed by atoms with Gasteiger partial charge in [-0.2, -0.15) is 0 Å². The Kier molecular flexibility index (Phi) is 4.93. The Morgan fingerprint density at radius 2 is 1.33 bits per heavy atom. The van der Waals surface area contributed by atoms with E-state index in [0.717, 1.165) is 5.02 Å². The molecule has 3 rings (SSSR count). The summed E-state index contributed by atoms with van der Waals surface area (Å²) in [6.07, 6.45) is 0. The minimum Gasteiger partial charge on any atom is -0.0845 e. The van der Waals surface area contributed by atoms with Crippen molar-refractivity contribution >= 4 is 36.0 Å². The van der Waals surface area contributed by atoms with Gasteiger partial charge in [0.2, 0.25) is 0 Å². The molecular formula is C22H23ClSi. The molecule has 0 radical (unpaired) electrons. The average molecular weight is 351 g/mol. The second-order valence-corrected chi connectivity index (χ2v) is 9.92. The molecule has 122 valence electrons. The topological polar surface area (TPSA) is 0 Å². The molecule has 0 aliphatic heterocycles. The Hall–Kier alpha value is -1.83. The van der Waals surface area contributed by atoms with Crippen LogP contribution in [0.25, 0.3) is 0 Å². The van der Waals surface area contributed by atoms with E-state index in [9.17, 15) is 0 Å². The van der Waals surface area contributed by atoms with Crippen molar-refractivity contribution in [2.75, 3.05) is 0 Å². The molecule has 3 aromatic rings. The fraction of sp³-hybridized carbons (Fsp3) is 0.182. The molecule has 0 fully saturated rings. The highest BCUT2D eigenvalue weighted by Gasteiger charge is 2.23. The Labute approximate surface area is 151 Å². The lowest BCUT2D eigenvalue weighted by Gasteiger charge is -2.22. The summed E-state index contributed by atoms with van der Waals surface area (Å²) >= 11 is 6.62. The van der Waals surface area contributed by atoms with E-state index in [1.54, 1.807) is 0 Å². The van der Waals surface area contributed by atoms with Crippen molar-refractivity contribution in [1.82, 2.24) is 0 Å². The van der Waals surface area contributed by atoms with Crippen molar-refractivity contribution in [3.63, 3.8) is 0 Å². The molecule has 0 spiro atoms. The van der Waals surface area contributed by atoms with Gasteiger partial charge in [0.1, 0.15) is 8.80 Å². The van der Waals surface area contributed by atoms with Crippen LogP contribution < -0.4 is 15.6 Å². The quantitative estimate of drug-likeness (QED) is 0.497. The number of hydrogen-bond acceptors (Lipinski definition) is 0. The normalized spacial score (nSPS) is 12.2. The summed E-state index contributed by atoms with van der Waals surface area (Å²) in [4.78, 5) is 0. The van der Waals surface area contributed by atoms with Gasteiger partial charge in [-0.15, -0.1) is 0 Å². The zero-order valence-corrected chi connectivity index (χ0v) is 16.6. The molecule has 0 saturated carbocycles. The summed E-state index contributed by atoms with van der Waals surface area (Å²) in [5.41, 5.74) is 5.31. The maximum atomic E-state index is 6.62. The number of halogens is 1. The van der Waals surface area contributed by atoms with E-state index in [-0.39, 0.29) is 0 Å². The van der Waals surface area contributed by atoms with Crippen LogP contribution in [0, 0.1) is 27.7 Å². The third-order valence-electron chi connectivity index (χ3n) is 4.53. The summed E-state index contributed by atoms with van der Waals surface area (Å²) in [6.45, 7) is 8.73. The van der Waals surface area contributed by atoms with Crippen molar-refractivity contribution in [3.05, 3.63) is 87.9 Å². The lowest BCUT2D eigenvalue weighted by atomic mass is 10.1. The van der Waals surface area contributed by atoms with Gasteiger partial charge in [-0.3, -0.25) is 0 Å². The van der Waals surface area contributed by atoms with Gasteiger partial charge in [0.05, 0.1) is 0 Å². The van der Waals surface area contributed by atoms with Crippen molar-refractivity contribution in [3.8, 4) is 0 Å². The van der Waals surface area contributed by atoms with Gasteiger partial charge >= 0.3 is 0 Å².